The van der Waals surface area contributed by atoms with Crippen LogP contribution in [0.1, 0.15) is 5.82 Å². The maximum Gasteiger partial charge on any atom is 0.159 e. The molecule has 100 valence electrons. The number of fused-ring (bicyclic) bond motifs is 2. The molecule has 0 unspecified atom stereocenters. The molecule has 6 heteroatoms. The number of halogens is 1. The summed E-state index contributed by atoms with van der Waals surface area (Å²) in [4.78, 5) is 6.58. The van der Waals surface area contributed by atoms with Gasteiger partial charge in [0.1, 0.15) is 5.82 Å². The van der Waals surface area contributed by atoms with E-state index in [9.17, 15) is 0 Å². The molecule has 3 heterocycles. The highest BCUT2D eigenvalue weighted by molar-refractivity contribution is 6.34. The third-order valence-corrected chi connectivity index (χ3v) is 3.95. The van der Waals surface area contributed by atoms with Crippen LogP contribution in [0.2, 0.25) is 5.15 Å². The summed E-state index contributed by atoms with van der Waals surface area (Å²) in [6, 6.07) is 7.96. The van der Waals surface area contributed by atoms with Gasteiger partial charge in [0.25, 0.3) is 0 Å². The molecule has 1 aliphatic rings. The van der Waals surface area contributed by atoms with E-state index in [4.69, 9.17) is 11.6 Å². The van der Waals surface area contributed by atoms with Crippen molar-refractivity contribution in [3.63, 3.8) is 0 Å². The second-order valence-corrected chi connectivity index (χ2v) is 5.18. The fourth-order valence-electron chi connectivity index (χ4n) is 2.64. The monoisotopic (exact) mass is 285 g/mol. The first kappa shape index (κ1) is 11.7. The summed E-state index contributed by atoms with van der Waals surface area (Å²) < 4.78 is 2.17. The van der Waals surface area contributed by atoms with Crippen LogP contribution in [-0.4, -0.2) is 26.3 Å². The lowest BCUT2D eigenvalue weighted by atomic mass is 10.2. The van der Waals surface area contributed by atoms with Gasteiger partial charge in [-0.15, -0.1) is 10.2 Å². The van der Waals surface area contributed by atoms with Crippen LogP contribution in [0.3, 0.4) is 0 Å². The van der Waals surface area contributed by atoms with E-state index >= 15 is 0 Å². The van der Waals surface area contributed by atoms with Gasteiger partial charge in [0.15, 0.2) is 11.0 Å². The normalized spacial score (nSPS) is 14.6. The third kappa shape index (κ3) is 1.74. The topological polar surface area (TPSA) is 46.8 Å². The second kappa shape index (κ2) is 4.45. The van der Waals surface area contributed by atoms with Gasteiger partial charge in [-0.1, -0.05) is 35.9 Å². The van der Waals surface area contributed by atoms with Crippen molar-refractivity contribution in [2.24, 2.45) is 0 Å². The van der Waals surface area contributed by atoms with Gasteiger partial charge in [-0.05, 0) is 0 Å². The Kier molecular flexibility index (Phi) is 2.60. The molecule has 0 aliphatic carbocycles. The van der Waals surface area contributed by atoms with E-state index in [1.165, 1.54) is 0 Å². The van der Waals surface area contributed by atoms with Crippen molar-refractivity contribution in [1.82, 2.24) is 19.7 Å². The van der Waals surface area contributed by atoms with E-state index in [1.807, 2.05) is 36.7 Å². The first-order valence-electron chi connectivity index (χ1n) is 6.49. The predicted molar refractivity (Wildman–Crippen MR) is 77.8 cm³/mol. The molecule has 0 N–H and O–H groups in total. The average molecular weight is 286 g/mol. The molecule has 4 rings (SSSR count). The molecule has 20 heavy (non-hydrogen) atoms. The summed E-state index contributed by atoms with van der Waals surface area (Å²) in [5.74, 6) is 1.93. The minimum Gasteiger partial charge on any atom is -0.345 e. The quantitative estimate of drug-likeness (QED) is 0.689. The highest BCUT2D eigenvalue weighted by Gasteiger charge is 2.20. The Balaban J connectivity index is 1.82. The largest absolute Gasteiger partial charge is 0.345 e. The lowest BCUT2D eigenvalue weighted by Gasteiger charge is -2.29. The molecule has 0 atom stereocenters. The molecule has 1 aromatic carbocycles. The lowest BCUT2D eigenvalue weighted by Crippen LogP contribution is -2.34. The maximum absolute atomic E-state index is 6.12. The fourth-order valence-corrected chi connectivity index (χ4v) is 2.85. The second-order valence-electron chi connectivity index (χ2n) is 4.82. The molecule has 0 fully saturated rings. The molecule has 0 saturated heterocycles. The number of hydrogen-bond acceptors (Lipinski definition) is 4. The van der Waals surface area contributed by atoms with Gasteiger partial charge < -0.3 is 9.47 Å². The molecule has 0 amide bonds. The van der Waals surface area contributed by atoms with Crippen molar-refractivity contribution in [3.8, 4) is 0 Å². The smallest absolute Gasteiger partial charge is 0.159 e. The predicted octanol–water partition coefficient (Wildman–Crippen LogP) is 2.50. The van der Waals surface area contributed by atoms with E-state index in [2.05, 4.69) is 24.6 Å². The molecule has 0 radical (unpaired) electrons. The minimum atomic E-state index is 0.447. The van der Waals surface area contributed by atoms with E-state index in [0.717, 1.165) is 42.0 Å². The fraction of sp³-hybridized carbons (Fsp3) is 0.214. The average Bonchev–Trinajstić information content (AvgIpc) is 2.95. The van der Waals surface area contributed by atoms with Crippen LogP contribution < -0.4 is 4.90 Å². The molecular weight excluding hydrogens is 274 g/mol. The van der Waals surface area contributed by atoms with Crippen LogP contribution >= 0.6 is 11.6 Å². The summed E-state index contributed by atoms with van der Waals surface area (Å²) in [7, 11) is 0. The molecular formula is C14H12ClN5. The van der Waals surface area contributed by atoms with E-state index in [1.54, 1.807) is 0 Å². The van der Waals surface area contributed by atoms with Crippen molar-refractivity contribution in [3.05, 3.63) is 47.6 Å². The van der Waals surface area contributed by atoms with Crippen LogP contribution in [-0.2, 0) is 13.1 Å². The van der Waals surface area contributed by atoms with Crippen molar-refractivity contribution in [2.75, 3.05) is 11.4 Å². The minimum absolute atomic E-state index is 0.447. The van der Waals surface area contributed by atoms with Gasteiger partial charge in [-0.2, -0.15) is 0 Å². The summed E-state index contributed by atoms with van der Waals surface area (Å²) in [6.07, 6.45) is 3.85. The van der Waals surface area contributed by atoms with Gasteiger partial charge in [0, 0.05) is 36.3 Å². The standard InChI is InChI=1S/C14H12ClN5/c15-13-10-3-1-2-4-11(10)14(18-17-13)20-8-7-19-6-5-16-12(19)9-20/h1-6H,7-9H2. The Hall–Kier alpha value is -2.14. The van der Waals surface area contributed by atoms with Crippen LogP contribution in [0.25, 0.3) is 10.8 Å². The summed E-state index contributed by atoms with van der Waals surface area (Å²) in [6.45, 7) is 2.55. The van der Waals surface area contributed by atoms with Gasteiger partial charge in [0.05, 0.1) is 6.54 Å². The molecule has 0 bridgehead atoms. The summed E-state index contributed by atoms with van der Waals surface area (Å²) in [5.41, 5.74) is 0. The van der Waals surface area contributed by atoms with Crippen LogP contribution in [0.15, 0.2) is 36.7 Å². The molecule has 3 aromatic rings. The number of rotatable bonds is 1. The Labute approximate surface area is 120 Å². The van der Waals surface area contributed by atoms with Crippen molar-refractivity contribution < 1.29 is 0 Å². The summed E-state index contributed by atoms with van der Waals surface area (Å²) in [5, 5.41) is 10.8. The number of imidazole rings is 1. The molecule has 0 spiro atoms. The van der Waals surface area contributed by atoms with Gasteiger partial charge >= 0.3 is 0 Å². The van der Waals surface area contributed by atoms with Crippen molar-refractivity contribution >= 4 is 28.2 Å². The summed E-state index contributed by atoms with van der Waals surface area (Å²) >= 11 is 6.12. The molecule has 2 aromatic heterocycles. The number of aromatic nitrogens is 4. The van der Waals surface area contributed by atoms with Crippen molar-refractivity contribution in [2.45, 2.75) is 13.1 Å². The Morgan fingerprint density at radius 3 is 2.80 bits per heavy atom. The zero-order valence-corrected chi connectivity index (χ0v) is 11.5. The van der Waals surface area contributed by atoms with Gasteiger partial charge in [0.2, 0.25) is 0 Å². The van der Waals surface area contributed by atoms with Crippen molar-refractivity contribution in [1.29, 1.82) is 0 Å². The van der Waals surface area contributed by atoms with Crippen LogP contribution in [0, 0.1) is 0 Å². The Bertz CT molecular complexity index is 782. The number of hydrogen-bond donors (Lipinski definition) is 0. The zero-order chi connectivity index (χ0) is 13.5. The van der Waals surface area contributed by atoms with E-state index in [0.29, 0.717) is 5.15 Å². The zero-order valence-electron chi connectivity index (χ0n) is 10.7. The first-order valence-corrected chi connectivity index (χ1v) is 6.86. The maximum atomic E-state index is 6.12. The number of benzene rings is 1. The highest BCUT2D eigenvalue weighted by atomic mass is 35.5. The Morgan fingerprint density at radius 1 is 1.05 bits per heavy atom. The van der Waals surface area contributed by atoms with Crippen LogP contribution in [0.4, 0.5) is 5.82 Å². The number of nitrogens with zero attached hydrogens (tertiary/aromatic N) is 5. The highest BCUT2D eigenvalue weighted by Crippen LogP contribution is 2.29. The van der Waals surface area contributed by atoms with Gasteiger partial charge in [-0.3, -0.25) is 0 Å². The first-order chi connectivity index (χ1) is 9.83. The van der Waals surface area contributed by atoms with Gasteiger partial charge in [-0.25, -0.2) is 4.98 Å². The number of anilines is 1. The van der Waals surface area contributed by atoms with E-state index in [-0.39, 0.29) is 0 Å². The molecule has 1 aliphatic heterocycles. The Morgan fingerprint density at radius 2 is 1.90 bits per heavy atom. The van der Waals surface area contributed by atoms with E-state index < -0.39 is 0 Å². The lowest BCUT2D eigenvalue weighted by molar-refractivity contribution is 0.555. The van der Waals surface area contributed by atoms with Crippen LogP contribution in [0.5, 0.6) is 0 Å². The SMILES string of the molecule is Clc1nnc(N2CCn3ccnc3C2)c2ccccc12. The molecule has 5 nitrogen and oxygen atoms in total. The third-order valence-electron chi connectivity index (χ3n) is 3.67. The molecule has 0 saturated carbocycles.